The third-order valence-corrected chi connectivity index (χ3v) is 6.24. The molecule has 4 rings (SSSR count). The molecule has 0 saturated heterocycles. The summed E-state index contributed by atoms with van der Waals surface area (Å²) in [5, 5.41) is 22.4. The van der Waals surface area contributed by atoms with Crippen molar-refractivity contribution in [2.75, 3.05) is 26.4 Å². The predicted molar refractivity (Wildman–Crippen MR) is 86.6 cm³/mol. The normalized spacial score (nSPS) is 39.1. The summed E-state index contributed by atoms with van der Waals surface area (Å²) < 4.78 is 5.93. The van der Waals surface area contributed by atoms with E-state index in [0.29, 0.717) is 18.6 Å². The number of rotatable bonds is 9. The monoisotopic (exact) mass is 311 g/mol. The second kappa shape index (κ2) is 7.16. The molecule has 0 heterocycles. The summed E-state index contributed by atoms with van der Waals surface area (Å²) in [6.07, 6.45) is 8.86. The number of ether oxygens (including phenoxy) is 1. The quantitative estimate of drug-likeness (QED) is 0.609. The number of nitrogens with one attached hydrogen (secondary N) is 1. The van der Waals surface area contributed by atoms with Crippen LogP contribution in [0.1, 0.15) is 51.9 Å². The van der Waals surface area contributed by atoms with E-state index in [1.807, 2.05) is 6.92 Å². The van der Waals surface area contributed by atoms with Gasteiger partial charge >= 0.3 is 0 Å². The van der Waals surface area contributed by atoms with Crippen molar-refractivity contribution < 1.29 is 14.9 Å². The first-order valence-corrected chi connectivity index (χ1v) is 9.22. The summed E-state index contributed by atoms with van der Waals surface area (Å²) in [4.78, 5) is 0. The zero-order valence-electron chi connectivity index (χ0n) is 14.0. The maximum atomic E-state index is 10.0. The molecule has 3 N–H and O–H groups in total. The van der Waals surface area contributed by atoms with Crippen LogP contribution in [0.5, 0.6) is 0 Å². The first-order valence-electron chi connectivity index (χ1n) is 9.22. The molecule has 0 aromatic rings. The van der Waals surface area contributed by atoms with Gasteiger partial charge in [-0.2, -0.15) is 0 Å². The minimum atomic E-state index is -0.477. The van der Waals surface area contributed by atoms with Crippen LogP contribution in [-0.4, -0.2) is 48.7 Å². The van der Waals surface area contributed by atoms with Crippen molar-refractivity contribution in [2.24, 2.45) is 23.2 Å². The molecule has 4 saturated carbocycles. The molecule has 128 valence electrons. The van der Waals surface area contributed by atoms with Crippen LogP contribution >= 0.6 is 0 Å². The van der Waals surface area contributed by atoms with Gasteiger partial charge in [0.2, 0.25) is 0 Å². The van der Waals surface area contributed by atoms with E-state index in [1.54, 1.807) is 0 Å². The average molecular weight is 311 g/mol. The Balaban J connectivity index is 1.38. The van der Waals surface area contributed by atoms with Crippen LogP contribution in [0.25, 0.3) is 0 Å². The lowest BCUT2D eigenvalue weighted by Crippen LogP contribution is -2.48. The Kier molecular flexibility index (Phi) is 5.43. The van der Waals surface area contributed by atoms with Crippen LogP contribution in [0.2, 0.25) is 0 Å². The Morgan fingerprint density at radius 1 is 1.14 bits per heavy atom. The summed E-state index contributed by atoms with van der Waals surface area (Å²) in [7, 11) is 0. The van der Waals surface area contributed by atoms with E-state index in [0.717, 1.165) is 30.8 Å². The van der Waals surface area contributed by atoms with Crippen molar-refractivity contribution in [2.45, 2.75) is 64.0 Å². The highest BCUT2D eigenvalue weighted by atomic mass is 16.5. The molecule has 0 spiro atoms. The van der Waals surface area contributed by atoms with E-state index in [2.05, 4.69) is 5.32 Å². The average Bonchev–Trinajstić information content (AvgIpc) is 2.46. The highest BCUT2D eigenvalue weighted by molar-refractivity contribution is 5.01. The van der Waals surface area contributed by atoms with Crippen LogP contribution in [0.4, 0.5) is 0 Å². The highest BCUT2D eigenvalue weighted by Crippen LogP contribution is 2.59. The fraction of sp³-hybridized carbons (Fsp3) is 1.00. The number of aliphatic hydroxyl groups excluding tert-OH is 2. The Bertz CT molecular complexity index is 321. The topological polar surface area (TPSA) is 61.7 Å². The minimum Gasteiger partial charge on any atom is -0.395 e. The zero-order chi connectivity index (χ0) is 15.6. The van der Waals surface area contributed by atoms with E-state index in [1.165, 1.54) is 38.5 Å². The van der Waals surface area contributed by atoms with Gasteiger partial charge < -0.3 is 20.3 Å². The Labute approximate surface area is 134 Å². The van der Waals surface area contributed by atoms with E-state index >= 15 is 0 Å². The number of hydrogen-bond acceptors (Lipinski definition) is 4. The van der Waals surface area contributed by atoms with Gasteiger partial charge in [-0.25, -0.2) is 0 Å². The molecular weight excluding hydrogens is 278 g/mol. The van der Waals surface area contributed by atoms with Crippen LogP contribution in [-0.2, 0) is 4.74 Å². The van der Waals surface area contributed by atoms with Gasteiger partial charge in [0.15, 0.2) is 0 Å². The van der Waals surface area contributed by atoms with Crippen molar-refractivity contribution in [1.82, 2.24) is 5.32 Å². The summed E-state index contributed by atoms with van der Waals surface area (Å²) in [5.41, 5.74) is 0.430. The molecule has 4 heteroatoms. The first-order chi connectivity index (χ1) is 10.6. The first kappa shape index (κ1) is 16.7. The van der Waals surface area contributed by atoms with Crippen molar-refractivity contribution in [1.29, 1.82) is 0 Å². The fourth-order valence-electron chi connectivity index (χ4n) is 5.58. The van der Waals surface area contributed by atoms with E-state index in [4.69, 9.17) is 9.84 Å². The minimum absolute atomic E-state index is 0.0813. The van der Waals surface area contributed by atoms with Crippen molar-refractivity contribution in [3.63, 3.8) is 0 Å². The van der Waals surface area contributed by atoms with Gasteiger partial charge in [-0.15, -0.1) is 0 Å². The molecule has 0 unspecified atom stereocenters. The largest absolute Gasteiger partial charge is 0.395 e. The molecule has 0 aromatic heterocycles. The maximum absolute atomic E-state index is 10.0. The molecule has 4 aliphatic rings. The standard InChI is InChI=1S/C18H33NO3/c1-2-16(10-20)19-9-17(21)11-22-12-18-6-13-3-14(7-18)5-15(4-13)8-18/h13-17,19-21H,2-12H2,1H3/t13?,14?,15?,16-,17+,18?/m0/s1. The molecule has 4 nitrogen and oxygen atoms in total. The smallest absolute Gasteiger partial charge is 0.0897 e. The van der Waals surface area contributed by atoms with Gasteiger partial charge in [0.25, 0.3) is 0 Å². The molecule has 4 bridgehead atoms. The fourth-order valence-corrected chi connectivity index (χ4v) is 5.58. The van der Waals surface area contributed by atoms with E-state index in [-0.39, 0.29) is 12.6 Å². The van der Waals surface area contributed by atoms with Crippen molar-refractivity contribution in [3.05, 3.63) is 0 Å². The van der Waals surface area contributed by atoms with Gasteiger partial charge in [-0.05, 0) is 68.1 Å². The number of hydrogen-bond donors (Lipinski definition) is 3. The van der Waals surface area contributed by atoms with Crippen molar-refractivity contribution in [3.8, 4) is 0 Å². The molecule has 0 aliphatic heterocycles. The lowest BCUT2D eigenvalue weighted by Gasteiger charge is -2.56. The Morgan fingerprint density at radius 3 is 2.23 bits per heavy atom. The molecule has 4 fully saturated rings. The van der Waals surface area contributed by atoms with Gasteiger partial charge in [-0.3, -0.25) is 0 Å². The molecule has 2 atom stereocenters. The maximum Gasteiger partial charge on any atom is 0.0897 e. The second-order valence-corrected chi connectivity index (χ2v) is 8.28. The van der Waals surface area contributed by atoms with Gasteiger partial charge in [-0.1, -0.05) is 6.92 Å². The SMILES string of the molecule is CC[C@@H](CO)NC[C@@H](O)COCC12CC3CC(CC(C3)C1)C2. The van der Waals surface area contributed by atoms with Crippen LogP contribution in [0.15, 0.2) is 0 Å². The van der Waals surface area contributed by atoms with Crippen LogP contribution in [0, 0.1) is 23.2 Å². The molecule has 0 aromatic carbocycles. The van der Waals surface area contributed by atoms with Gasteiger partial charge in [0.05, 0.1) is 25.9 Å². The summed E-state index contributed by atoms with van der Waals surface area (Å²) in [5.74, 6) is 2.86. The summed E-state index contributed by atoms with van der Waals surface area (Å²) in [6, 6.07) is 0.0813. The highest BCUT2D eigenvalue weighted by Gasteiger charge is 2.50. The van der Waals surface area contributed by atoms with Gasteiger partial charge in [0, 0.05) is 12.6 Å². The van der Waals surface area contributed by atoms with E-state index < -0.39 is 6.10 Å². The third kappa shape index (κ3) is 3.84. The van der Waals surface area contributed by atoms with E-state index in [9.17, 15) is 5.11 Å². The summed E-state index contributed by atoms with van der Waals surface area (Å²) >= 11 is 0. The lowest BCUT2D eigenvalue weighted by atomic mass is 9.50. The predicted octanol–water partition coefficient (Wildman–Crippen LogP) is 1.94. The Morgan fingerprint density at radius 2 is 1.73 bits per heavy atom. The zero-order valence-corrected chi connectivity index (χ0v) is 14.0. The van der Waals surface area contributed by atoms with Gasteiger partial charge in [0.1, 0.15) is 0 Å². The third-order valence-electron chi connectivity index (χ3n) is 6.24. The molecule has 22 heavy (non-hydrogen) atoms. The second-order valence-electron chi connectivity index (χ2n) is 8.28. The van der Waals surface area contributed by atoms with Crippen LogP contribution < -0.4 is 5.32 Å². The molecule has 4 aliphatic carbocycles. The molecular formula is C18H33NO3. The lowest BCUT2D eigenvalue weighted by molar-refractivity contribution is -0.105. The Hall–Kier alpha value is -0.160. The summed E-state index contributed by atoms with van der Waals surface area (Å²) in [6.45, 7) is 3.91. The van der Waals surface area contributed by atoms with Crippen LogP contribution in [0.3, 0.4) is 0 Å². The number of aliphatic hydroxyl groups is 2. The molecule has 0 amide bonds. The molecule has 0 radical (unpaired) electrons. The van der Waals surface area contributed by atoms with Crippen molar-refractivity contribution >= 4 is 0 Å².